The van der Waals surface area contributed by atoms with Gasteiger partial charge in [0.1, 0.15) is 6.04 Å². The largest absolute Gasteiger partial charge is 0.480 e. The Labute approximate surface area is 113 Å². The molecule has 6 nitrogen and oxygen atoms in total. The Balaban J connectivity index is 2.20. The zero-order valence-corrected chi connectivity index (χ0v) is 11.9. The zero-order valence-electron chi connectivity index (χ0n) is 11.1. The van der Waals surface area contributed by atoms with Crippen LogP contribution < -0.4 is 0 Å². The molecular weight excluding hydrogens is 268 g/mol. The molecule has 0 amide bonds. The van der Waals surface area contributed by atoms with E-state index in [9.17, 15) is 18.3 Å². The lowest BCUT2D eigenvalue weighted by molar-refractivity contribution is -0.142. The highest BCUT2D eigenvalue weighted by atomic mass is 32.2. The van der Waals surface area contributed by atoms with Crippen LogP contribution in [0.4, 0.5) is 0 Å². The molecule has 1 unspecified atom stereocenters. The van der Waals surface area contributed by atoms with E-state index in [0.29, 0.717) is 32.5 Å². The summed E-state index contributed by atoms with van der Waals surface area (Å²) in [4.78, 5) is 11.2. The maximum absolute atomic E-state index is 12.5. The highest BCUT2D eigenvalue weighted by Gasteiger charge is 2.39. The van der Waals surface area contributed by atoms with Crippen molar-refractivity contribution in [1.29, 1.82) is 0 Å². The van der Waals surface area contributed by atoms with Crippen LogP contribution in [0.15, 0.2) is 11.6 Å². The van der Waals surface area contributed by atoms with Gasteiger partial charge in [0.25, 0.3) is 10.2 Å². The Morgan fingerprint density at radius 1 is 1.37 bits per heavy atom. The number of aliphatic carboxylic acids is 1. The van der Waals surface area contributed by atoms with Crippen LogP contribution in [0.5, 0.6) is 0 Å². The Bertz CT molecular complexity index is 486. The minimum absolute atomic E-state index is 0.304. The van der Waals surface area contributed by atoms with Gasteiger partial charge in [-0.3, -0.25) is 4.79 Å². The zero-order chi connectivity index (χ0) is 14.0. The molecule has 2 rings (SSSR count). The van der Waals surface area contributed by atoms with Crippen molar-refractivity contribution in [1.82, 2.24) is 8.61 Å². The summed E-state index contributed by atoms with van der Waals surface area (Å²) in [6, 6.07) is -0.911. The van der Waals surface area contributed by atoms with E-state index < -0.39 is 22.2 Å². The SMILES string of the molecule is CC1=CCN(S(=O)(=O)N2CCCCC2C(=O)O)CC1. The molecule has 0 aromatic carbocycles. The summed E-state index contributed by atoms with van der Waals surface area (Å²) in [5.74, 6) is -1.05. The maximum atomic E-state index is 12.5. The first-order valence-electron chi connectivity index (χ1n) is 6.58. The number of hydrogen-bond acceptors (Lipinski definition) is 3. The first-order valence-corrected chi connectivity index (χ1v) is 7.98. The number of nitrogens with zero attached hydrogens (tertiary/aromatic N) is 2. The van der Waals surface area contributed by atoms with E-state index >= 15 is 0 Å². The number of carbonyl (C=O) groups is 1. The Morgan fingerprint density at radius 2 is 2.11 bits per heavy atom. The Morgan fingerprint density at radius 3 is 2.68 bits per heavy atom. The van der Waals surface area contributed by atoms with E-state index in [2.05, 4.69) is 0 Å². The van der Waals surface area contributed by atoms with E-state index in [1.54, 1.807) is 0 Å². The smallest absolute Gasteiger partial charge is 0.322 e. The fourth-order valence-electron chi connectivity index (χ4n) is 2.54. The molecule has 7 heteroatoms. The molecule has 0 aromatic heterocycles. The first kappa shape index (κ1) is 14.5. The van der Waals surface area contributed by atoms with Gasteiger partial charge >= 0.3 is 5.97 Å². The van der Waals surface area contributed by atoms with Gasteiger partial charge in [-0.05, 0) is 32.6 Å². The van der Waals surface area contributed by atoms with Gasteiger partial charge in [0, 0.05) is 19.6 Å². The summed E-state index contributed by atoms with van der Waals surface area (Å²) in [6.07, 6.45) is 4.50. The van der Waals surface area contributed by atoms with Crippen molar-refractivity contribution >= 4 is 16.2 Å². The highest BCUT2D eigenvalue weighted by molar-refractivity contribution is 7.86. The topological polar surface area (TPSA) is 77.9 Å². The standard InChI is InChI=1S/C12H20N2O4S/c1-10-5-8-13(9-6-10)19(17,18)14-7-3-2-4-11(14)12(15)16/h5,11H,2-4,6-9H2,1H3,(H,15,16). The molecular formula is C12H20N2O4S. The number of carboxylic acids is 1. The lowest BCUT2D eigenvalue weighted by Gasteiger charge is -2.36. The third-order valence-corrected chi connectivity index (χ3v) is 5.77. The molecule has 0 aliphatic carbocycles. The van der Waals surface area contributed by atoms with Crippen molar-refractivity contribution in [3.8, 4) is 0 Å². The molecule has 0 spiro atoms. The normalized spacial score (nSPS) is 27.0. The Kier molecular flexibility index (Phi) is 4.27. The molecule has 0 saturated carbocycles. The molecule has 0 aromatic rings. The number of hydrogen-bond donors (Lipinski definition) is 1. The van der Waals surface area contributed by atoms with Crippen LogP contribution in [0.2, 0.25) is 0 Å². The van der Waals surface area contributed by atoms with Crippen molar-refractivity contribution in [2.24, 2.45) is 0 Å². The highest BCUT2D eigenvalue weighted by Crippen LogP contribution is 2.24. The molecule has 1 fully saturated rings. The van der Waals surface area contributed by atoms with Gasteiger partial charge < -0.3 is 5.11 Å². The summed E-state index contributed by atoms with van der Waals surface area (Å²) in [7, 11) is -3.66. The van der Waals surface area contributed by atoms with Gasteiger partial charge in [-0.2, -0.15) is 17.0 Å². The van der Waals surface area contributed by atoms with Crippen molar-refractivity contribution in [3.05, 3.63) is 11.6 Å². The van der Waals surface area contributed by atoms with Gasteiger partial charge in [0.15, 0.2) is 0 Å². The van der Waals surface area contributed by atoms with Gasteiger partial charge in [0.05, 0.1) is 0 Å². The van der Waals surface area contributed by atoms with Gasteiger partial charge in [0.2, 0.25) is 0 Å². The van der Waals surface area contributed by atoms with Crippen molar-refractivity contribution in [3.63, 3.8) is 0 Å². The predicted molar refractivity (Wildman–Crippen MR) is 70.8 cm³/mol. The average Bonchev–Trinajstić information content (AvgIpc) is 2.39. The van der Waals surface area contributed by atoms with Crippen molar-refractivity contribution in [2.75, 3.05) is 19.6 Å². The molecule has 19 heavy (non-hydrogen) atoms. The molecule has 1 atom stereocenters. The molecule has 2 aliphatic rings. The number of carboxylic acid groups (broad SMARTS) is 1. The fourth-order valence-corrected chi connectivity index (χ4v) is 4.30. The number of piperidine rings is 1. The van der Waals surface area contributed by atoms with Crippen LogP contribution in [-0.4, -0.2) is 53.8 Å². The van der Waals surface area contributed by atoms with Crippen LogP contribution >= 0.6 is 0 Å². The molecule has 1 N–H and O–H groups in total. The van der Waals surface area contributed by atoms with E-state index in [4.69, 9.17) is 0 Å². The molecule has 2 aliphatic heterocycles. The molecule has 1 saturated heterocycles. The van der Waals surface area contributed by atoms with Gasteiger partial charge in [-0.15, -0.1) is 0 Å². The second-order valence-electron chi connectivity index (χ2n) is 5.13. The minimum atomic E-state index is -3.66. The van der Waals surface area contributed by atoms with Crippen LogP contribution in [-0.2, 0) is 15.0 Å². The minimum Gasteiger partial charge on any atom is -0.480 e. The summed E-state index contributed by atoms with van der Waals surface area (Å²) in [6.45, 7) is 3.06. The van der Waals surface area contributed by atoms with Gasteiger partial charge in [-0.25, -0.2) is 0 Å². The van der Waals surface area contributed by atoms with E-state index in [1.165, 1.54) is 9.88 Å². The second kappa shape index (κ2) is 5.60. The summed E-state index contributed by atoms with van der Waals surface area (Å²) in [5, 5.41) is 9.18. The summed E-state index contributed by atoms with van der Waals surface area (Å²) >= 11 is 0. The maximum Gasteiger partial charge on any atom is 0.322 e. The molecule has 0 bridgehead atoms. The lowest BCUT2D eigenvalue weighted by atomic mass is 10.1. The monoisotopic (exact) mass is 288 g/mol. The first-order chi connectivity index (χ1) is 8.93. The Hall–Kier alpha value is -0.920. The van der Waals surface area contributed by atoms with E-state index in [1.807, 2.05) is 13.0 Å². The summed E-state index contributed by atoms with van der Waals surface area (Å²) in [5.41, 5.74) is 1.18. The predicted octanol–water partition coefficient (Wildman–Crippen LogP) is 0.822. The quantitative estimate of drug-likeness (QED) is 0.780. The molecule has 2 heterocycles. The van der Waals surface area contributed by atoms with Crippen LogP contribution in [0.3, 0.4) is 0 Å². The third-order valence-electron chi connectivity index (χ3n) is 3.76. The van der Waals surface area contributed by atoms with Crippen molar-refractivity contribution < 1.29 is 18.3 Å². The molecule has 108 valence electrons. The lowest BCUT2D eigenvalue weighted by Crippen LogP contribution is -2.54. The second-order valence-corrected chi connectivity index (χ2v) is 7.01. The van der Waals surface area contributed by atoms with Crippen LogP contribution in [0.1, 0.15) is 32.6 Å². The molecule has 0 radical (unpaired) electrons. The van der Waals surface area contributed by atoms with E-state index in [0.717, 1.165) is 17.1 Å². The number of rotatable bonds is 3. The van der Waals surface area contributed by atoms with Crippen LogP contribution in [0, 0.1) is 0 Å². The average molecular weight is 288 g/mol. The fraction of sp³-hybridized carbons (Fsp3) is 0.750. The summed E-state index contributed by atoms with van der Waals surface area (Å²) < 4.78 is 27.6. The van der Waals surface area contributed by atoms with Crippen molar-refractivity contribution in [2.45, 2.75) is 38.6 Å². The van der Waals surface area contributed by atoms with E-state index in [-0.39, 0.29) is 0 Å². The van der Waals surface area contributed by atoms with Gasteiger partial charge in [-0.1, -0.05) is 11.6 Å². The van der Waals surface area contributed by atoms with Crippen LogP contribution in [0.25, 0.3) is 0 Å². The third kappa shape index (κ3) is 2.98.